The monoisotopic (exact) mass is 413 g/mol. The molecule has 0 aliphatic carbocycles. The van der Waals surface area contributed by atoms with E-state index in [4.69, 9.17) is 5.73 Å². The average molecular weight is 413 g/mol. The predicted octanol–water partition coefficient (Wildman–Crippen LogP) is 6.19. The zero-order chi connectivity index (χ0) is 22.0. The lowest BCUT2D eigenvalue weighted by molar-refractivity contribution is -0.266. The lowest BCUT2D eigenvalue weighted by Crippen LogP contribution is -2.49. The number of halogens is 3. The minimum absolute atomic E-state index is 0.0182. The van der Waals surface area contributed by atoms with Crippen molar-refractivity contribution in [3.05, 3.63) is 89.6 Å². The molecule has 0 saturated carbocycles. The van der Waals surface area contributed by atoms with E-state index in [2.05, 4.69) is 0 Å². The molecular formula is C25H26F3NO. The number of hydrogen-bond donors (Lipinski definition) is 2. The molecule has 1 unspecified atom stereocenters. The Morgan fingerprint density at radius 3 is 2.13 bits per heavy atom. The van der Waals surface area contributed by atoms with E-state index in [0.717, 1.165) is 16.3 Å². The maximum atomic E-state index is 14.0. The third-order valence-electron chi connectivity index (χ3n) is 5.44. The van der Waals surface area contributed by atoms with E-state index in [1.54, 1.807) is 38.1 Å². The highest BCUT2D eigenvalue weighted by molar-refractivity contribution is 5.83. The molecular weight excluding hydrogens is 387 g/mol. The fourth-order valence-corrected chi connectivity index (χ4v) is 3.86. The van der Waals surface area contributed by atoms with Gasteiger partial charge in [-0.25, -0.2) is 0 Å². The summed E-state index contributed by atoms with van der Waals surface area (Å²) in [5, 5.41) is 12.7. The van der Waals surface area contributed by atoms with Gasteiger partial charge in [0.15, 0.2) is 5.60 Å². The second kappa shape index (κ2) is 8.15. The topological polar surface area (TPSA) is 46.2 Å². The quantitative estimate of drug-likeness (QED) is 0.506. The molecule has 2 nitrogen and oxygen atoms in total. The molecule has 158 valence electrons. The molecule has 3 aromatic carbocycles. The zero-order valence-corrected chi connectivity index (χ0v) is 17.1. The SMILES string of the molecule is CC(C)(CC(O)(C/C(N)=C/c1ccccc1)C(F)(F)F)c1ccc2ccccc2c1. The maximum absolute atomic E-state index is 14.0. The summed E-state index contributed by atoms with van der Waals surface area (Å²) in [7, 11) is 0. The van der Waals surface area contributed by atoms with E-state index in [9.17, 15) is 18.3 Å². The molecule has 3 N–H and O–H groups in total. The van der Waals surface area contributed by atoms with Crippen molar-refractivity contribution in [2.75, 3.05) is 0 Å². The number of benzene rings is 3. The number of aliphatic hydroxyl groups is 1. The van der Waals surface area contributed by atoms with Crippen molar-refractivity contribution in [3.63, 3.8) is 0 Å². The number of alkyl halides is 3. The first-order chi connectivity index (χ1) is 14.0. The third-order valence-corrected chi connectivity index (χ3v) is 5.44. The van der Waals surface area contributed by atoms with Crippen LogP contribution in [0.1, 0.15) is 37.8 Å². The summed E-state index contributed by atoms with van der Waals surface area (Å²) in [5.74, 6) is 0. The molecule has 3 rings (SSSR count). The summed E-state index contributed by atoms with van der Waals surface area (Å²) < 4.78 is 41.9. The Morgan fingerprint density at radius 1 is 0.900 bits per heavy atom. The number of nitrogens with two attached hydrogens (primary N) is 1. The van der Waals surface area contributed by atoms with E-state index in [0.29, 0.717) is 5.56 Å². The third kappa shape index (κ3) is 4.85. The van der Waals surface area contributed by atoms with Crippen LogP contribution < -0.4 is 5.73 Å². The highest BCUT2D eigenvalue weighted by Gasteiger charge is 2.55. The van der Waals surface area contributed by atoms with E-state index < -0.39 is 30.0 Å². The molecule has 0 bridgehead atoms. The Hall–Kier alpha value is -2.79. The minimum Gasteiger partial charge on any atom is -0.402 e. The van der Waals surface area contributed by atoms with Crippen LogP contribution in [0.3, 0.4) is 0 Å². The first kappa shape index (κ1) is 21.9. The first-order valence-electron chi connectivity index (χ1n) is 9.80. The van der Waals surface area contributed by atoms with Gasteiger partial charge < -0.3 is 10.8 Å². The fourth-order valence-electron chi connectivity index (χ4n) is 3.86. The molecule has 0 aliphatic heterocycles. The summed E-state index contributed by atoms with van der Waals surface area (Å²) in [6.07, 6.45) is -4.55. The minimum atomic E-state index is -4.82. The molecule has 0 heterocycles. The van der Waals surface area contributed by atoms with Crippen molar-refractivity contribution in [1.29, 1.82) is 0 Å². The van der Waals surface area contributed by atoms with Gasteiger partial charge in [0.2, 0.25) is 0 Å². The van der Waals surface area contributed by atoms with Crippen molar-refractivity contribution in [3.8, 4) is 0 Å². The van der Waals surface area contributed by atoms with E-state index in [1.807, 2.05) is 48.5 Å². The smallest absolute Gasteiger partial charge is 0.402 e. The van der Waals surface area contributed by atoms with Crippen LogP contribution in [0, 0.1) is 0 Å². The van der Waals surface area contributed by atoms with Gasteiger partial charge in [0.05, 0.1) is 0 Å². The molecule has 0 fully saturated rings. The van der Waals surface area contributed by atoms with Crippen LogP contribution in [0.25, 0.3) is 16.8 Å². The molecule has 0 saturated heterocycles. The van der Waals surface area contributed by atoms with Crippen molar-refractivity contribution in [1.82, 2.24) is 0 Å². The predicted molar refractivity (Wildman–Crippen MR) is 116 cm³/mol. The second-order valence-electron chi connectivity index (χ2n) is 8.46. The van der Waals surface area contributed by atoms with Crippen molar-refractivity contribution in [2.45, 2.75) is 43.9 Å². The molecule has 0 spiro atoms. The Kier molecular flexibility index (Phi) is 5.95. The molecule has 0 amide bonds. The molecule has 0 aliphatic rings. The van der Waals surface area contributed by atoms with Gasteiger partial charge in [-0.2, -0.15) is 13.2 Å². The Bertz CT molecular complexity index is 1040. The summed E-state index contributed by atoms with van der Waals surface area (Å²) in [6, 6.07) is 22.1. The summed E-state index contributed by atoms with van der Waals surface area (Å²) in [5.41, 5.74) is 3.45. The summed E-state index contributed by atoms with van der Waals surface area (Å²) in [4.78, 5) is 0. The van der Waals surface area contributed by atoms with Crippen LogP contribution in [0.15, 0.2) is 78.5 Å². The number of rotatable bonds is 6. The highest BCUT2D eigenvalue weighted by Crippen LogP contribution is 2.44. The van der Waals surface area contributed by atoms with Crippen LogP contribution in [0.5, 0.6) is 0 Å². The lowest BCUT2D eigenvalue weighted by atomic mass is 9.73. The Morgan fingerprint density at radius 2 is 1.50 bits per heavy atom. The van der Waals surface area contributed by atoms with Crippen molar-refractivity contribution < 1.29 is 18.3 Å². The lowest BCUT2D eigenvalue weighted by Gasteiger charge is -2.38. The van der Waals surface area contributed by atoms with Crippen molar-refractivity contribution >= 4 is 16.8 Å². The standard InChI is InChI=1S/C25H26F3NO/c1-23(2,21-13-12-19-10-6-7-11-20(19)15-21)17-24(30,25(26,27)28)16-22(29)14-18-8-4-3-5-9-18/h3-15,30H,16-17,29H2,1-2H3/b22-14-. The first-order valence-corrected chi connectivity index (χ1v) is 9.80. The summed E-state index contributed by atoms with van der Waals surface area (Å²) in [6.45, 7) is 3.43. The van der Waals surface area contributed by atoms with E-state index in [-0.39, 0.29) is 5.70 Å². The average Bonchev–Trinajstić information content (AvgIpc) is 2.67. The van der Waals surface area contributed by atoms with Crippen LogP contribution in [-0.4, -0.2) is 16.9 Å². The molecule has 0 radical (unpaired) electrons. The second-order valence-corrected chi connectivity index (χ2v) is 8.46. The van der Waals surface area contributed by atoms with Gasteiger partial charge in [0.25, 0.3) is 0 Å². The summed E-state index contributed by atoms with van der Waals surface area (Å²) >= 11 is 0. The Labute approximate surface area is 174 Å². The van der Waals surface area contributed by atoms with Gasteiger partial charge in [0, 0.05) is 12.1 Å². The normalized spacial score (nSPS) is 15.2. The molecule has 5 heteroatoms. The van der Waals surface area contributed by atoms with Crippen LogP contribution in [0.4, 0.5) is 13.2 Å². The van der Waals surface area contributed by atoms with Gasteiger partial charge in [-0.15, -0.1) is 0 Å². The fraction of sp³-hybridized carbons (Fsp3) is 0.280. The number of hydrogen-bond acceptors (Lipinski definition) is 2. The van der Waals surface area contributed by atoms with Crippen LogP contribution in [-0.2, 0) is 5.41 Å². The van der Waals surface area contributed by atoms with Gasteiger partial charge in [-0.1, -0.05) is 86.6 Å². The van der Waals surface area contributed by atoms with E-state index in [1.165, 1.54) is 6.08 Å². The Balaban J connectivity index is 1.91. The molecule has 0 aromatic heterocycles. The largest absolute Gasteiger partial charge is 0.417 e. The molecule has 30 heavy (non-hydrogen) atoms. The zero-order valence-electron chi connectivity index (χ0n) is 17.1. The van der Waals surface area contributed by atoms with Gasteiger partial charge in [-0.05, 0) is 39.8 Å². The van der Waals surface area contributed by atoms with Gasteiger partial charge >= 0.3 is 6.18 Å². The highest BCUT2D eigenvalue weighted by atomic mass is 19.4. The van der Waals surface area contributed by atoms with Crippen molar-refractivity contribution in [2.24, 2.45) is 5.73 Å². The maximum Gasteiger partial charge on any atom is 0.417 e. The van der Waals surface area contributed by atoms with Gasteiger partial charge in [0.1, 0.15) is 0 Å². The molecule has 1 atom stereocenters. The number of fused-ring (bicyclic) bond motifs is 1. The van der Waals surface area contributed by atoms with Gasteiger partial charge in [-0.3, -0.25) is 0 Å². The molecule has 3 aromatic rings. The van der Waals surface area contributed by atoms with E-state index >= 15 is 0 Å². The van der Waals surface area contributed by atoms with Crippen LogP contribution in [0.2, 0.25) is 0 Å². The van der Waals surface area contributed by atoms with Crippen LogP contribution >= 0.6 is 0 Å².